The van der Waals surface area contributed by atoms with E-state index in [-0.39, 0.29) is 5.41 Å². The summed E-state index contributed by atoms with van der Waals surface area (Å²) >= 11 is 4.40. The van der Waals surface area contributed by atoms with Crippen LogP contribution in [0.15, 0.2) is 24.4 Å². The summed E-state index contributed by atoms with van der Waals surface area (Å²) in [5.41, 5.74) is 1.40. The van der Waals surface area contributed by atoms with Crippen LogP contribution in [0.1, 0.15) is 26.5 Å². The molecule has 90 valence electrons. The van der Waals surface area contributed by atoms with Gasteiger partial charge in [-0.2, -0.15) is 12.6 Å². The second-order valence-electron chi connectivity index (χ2n) is 4.95. The van der Waals surface area contributed by atoms with Crippen LogP contribution in [0.5, 0.6) is 0 Å². The van der Waals surface area contributed by atoms with Gasteiger partial charge in [0.2, 0.25) is 0 Å². The van der Waals surface area contributed by atoms with E-state index in [1.165, 1.54) is 0 Å². The number of hydrogen-bond acceptors (Lipinski definition) is 3. The van der Waals surface area contributed by atoms with Crippen molar-refractivity contribution in [1.29, 1.82) is 0 Å². The SMILES string of the molecule is CCN(Cc1ccccn1)CC(C)(C)CS. The third-order valence-corrected chi connectivity index (χ3v) is 3.49. The van der Waals surface area contributed by atoms with Crippen molar-refractivity contribution < 1.29 is 0 Å². The van der Waals surface area contributed by atoms with Gasteiger partial charge in [-0.3, -0.25) is 9.88 Å². The molecule has 0 saturated heterocycles. The zero-order chi connectivity index (χ0) is 12.0. The summed E-state index contributed by atoms with van der Waals surface area (Å²) in [6, 6.07) is 6.08. The Morgan fingerprint density at radius 1 is 1.38 bits per heavy atom. The van der Waals surface area contributed by atoms with E-state index >= 15 is 0 Å². The normalized spacial score (nSPS) is 12.1. The molecule has 0 radical (unpaired) electrons. The van der Waals surface area contributed by atoms with Crippen LogP contribution in [0.25, 0.3) is 0 Å². The molecule has 0 amide bonds. The quantitative estimate of drug-likeness (QED) is 0.767. The summed E-state index contributed by atoms with van der Waals surface area (Å²) in [5.74, 6) is 0.908. The fourth-order valence-corrected chi connectivity index (χ4v) is 1.76. The summed E-state index contributed by atoms with van der Waals surface area (Å²) in [6.45, 7) is 9.73. The van der Waals surface area contributed by atoms with Gasteiger partial charge in [-0.15, -0.1) is 0 Å². The number of aromatic nitrogens is 1. The maximum Gasteiger partial charge on any atom is 0.0543 e. The first-order valence-corrected chi connectivity index (χ1v) is 6.44. The highest BCUT2D eigenvalue weighted by molar-refractivity contribution is 7.80. The number of pyridine rings is 1. The van der Waals surface area contributed by atoms with Crippen molar-refractivity contribution in [2.24, 2.45) is 5.41 Å². The second kappa shape index (κ2) is 6.26. The van der Waals surface area contributed by atoms with Gasteiger partial charge in [0.1, 0.15) is 0 Å². The van der Waals surface area contributed by atoms with E-state index in [1.807, 2.05) is 18.3 Å². The third-order valence-electron chi connectivity index (χ3n) is 2.64. The van der Waals surface area contributed by atoms with Gasteiger partial charge >= 0.3 is 0 Å². The number of thiol groups is 1. The minimum absolute atomic E-state index is 0.258. The molecule has 0 aromatic carbocycles. The molecule has 16 heavy (non-hydrogen) atoms. The Balaban J connectivity index is 2.56. The van der Waals surface area contributed by atoms with Gasteiger partial charge in [-0.1, -0.05) is 26.8 Å². The van der Waals surface area contributed by atoms with Gasteiger partial charge in [-0.05, 0) is 29.8 Å². The molecule has 0 atom stereocenters. The van der Waals surface area contributed by atoms with Crippen LogP contribution >= 0.6 is 12.6 Å². The van der Waals surface area contributed by atoms with E-state index in [9.17, 15) is 0 Å². The molecule has 0 aliphatic heterocycles. The summed E-state index contributed by atoms with van der Waals surface area (Å²) < 4.78 is 0. The smallest absolute Gasteiger partial charge is 0.0543 e. The van der Waals surface area contributed by atoms with Gasteiger partial charge in [0.25, 0.3) is 0 Å². The summed E-state index contributed by atoms with van der Waals surface area (Å²) in [4.78, 5) is 6.78. The van der Waals surface area contributed by atoms with Gasteiger partial charge < -0.3 is 0 Å². The van der Waals surface area contributed by atoms with Crippen LogP contribution in [-0.2, 0) is 6.54 Å². The highest BCUT2D eigenvalue weighted by Crippen LogP contribution is 2.19. The van der Waals surface area contributed by atoms with Crippen molar-refractivity contribution in [2.75, 3.05) is 18.8 Å². The van der Waals surface area contributed by atoms with Crippen LogP contribution in [0, 0.1) is 5.41 Å². The lowest BCUT2D eigenvalue weighted by Gasteiger charge is -2.30. The number of hydrogen-bond donors (Lipinski definition) is 1. The standard InChI is InChI=1S/C13H22N2S/c1-4-15(10-13(2,3)11-16)9-12-7-5-6-8-14-12/h5-8,16H,4,9-11H2,1-3H3. The molecule has 1 aromatic rings. The maximum atomic E-state index is 4.40. The molecule has 1 aromatic heterocycles. The number of nitrogens with zero attached hydrogens (tertiary/aromatic N) is 2. The van der Waals surface area contributed by atoms with Crippen LogP contribution in [0.2, 0.25) is 0 Å². The summed E-state index contributed by atoms with van der Waals surface area (Å²) in [5, 5.41) is 0. The maximum absolute atomic E-state index is 4.40. The monoisotopic (exact) mass is 238 g/mol. The zero-order valence-corrected chi connectivity index (χ0v) is 11.4. The van der Waals surface area contributed by atoms with Gasteiger partial charge in [0, 0.05) is 19.3 Å². The first-order valence-electron chi connectivity index (χ1n) is 5.80. The van der Waals surface area contributed by atoms with E-state index in [2.05, 4.69) is 49.4 Å². The number of rotatable bonds is 6. The largest absolute Gasteiger partial charge is 0.297 e. The Bertz CT molecular complexity index is 298. The molecule has 0 spiro atoms. The minimum Gasteiger partial charge on any atom is -0.297 e. The van der Waals surface area contributed by atoms with Gasteiger partial charge in [0.05, 0.1) is 5.69 Å². The predicted molar refractivity (Wildman–Crippen MR) is 72.8 cm³/mol. The van der Waals surface area contributed by atoms with E-state index in [1.54, 1.807) is 0 Å². The average molecular weight is 238 g/mol. The first kappa shape index (κ1) is 13.5. The van der Waals surface area contributed by atoms with E-state index in [0.29, 0.717) is 0 Å². The van der Waals surface area contributed by atoms with E-state index < -0.39 is 0 Å². The molecule has 0 bridgehead atoms. The highest BCUT2D eigenvalue weighted by Gasteiger charge is 2.19. The predicted octanol–water partition coefficient (Wildman–Crippen LogP) is 2.86. The summed E-state index contributed by atoms with van der Waals surface area (Å²) in [7, 11) is 0. The van der Waals surface area contributed by atoms with Gasteiger partial charge in [-0.25, -0.2) is 0 Å². The lowest BCUT2D eigenvalue weighted by molar-refractivity contribution is 0.194. The molecule has 1 heterocycles. The van der Waals surface area contributed by atoms with E-state index in [4.69, 9.17) is 0 Å². The third kappa shape index (κ3) is 4.54. The van der Waals surface area contributed by atoms with Crippen LogP contribution in [0.3, 0.4) is 0 Å². The Kier molecular flexibility index (Phi) is 5.29. The van der Waals surface area contributed by atoms with Crippen molar-refractivity contribution in [3.63, 3.8) is 0 Å². The van der Waals surface area contributed by atoms with Crippen molar-refractivity contribution in [3.8, 4) is 0 Å². The molecule has 0 aliphatic rings. The molecule has 0 fully saturated rings. The fourth-order valence-electron chi connectivity index (χ4n) is 1.66. The Morgan fingerprint density at radius 3 is 2.62 bits per heavy atom. The topological polar surface area (TPSA) is 16.1 Å². The highest BCUT2D eigenvalue weighted by atomic mass is 32.1. The Morgan fingerprint density at radius 2 is 2.12 bits per heavy atom. The molecular formula is C13H22N2S. The van der Waals surface area contributed by atoms with Crippen molar-refractivity contribution in [3.05, 3.63) is 30.1 Å². The lowest BCUT2D eigenvalue weighted by Crippen LogP contribution is -2.35. The average Bonchev–Trinajstić information content (AvgIpc) is 2.29. The molecule has 0 aliphatic carbocycles. The Hall–Kier alpha value is -0.540. The van der Waals surface area contributed by atoms with Crippen molar-refractivity contribution >= 4 is 12.6 Å². The van der Waals surface area contributed by atoms with Gasteiger partial charge in [0.15, 0.2) is 0 Å². The lowest BCUT2D eigenvalue weighted by atomic mass is 9.95. The minimum atomic E-state index is 0.258. The van der Waals surface area contributed by atoms with Crippen molar-refractivity contribution in [2.45, 2.75) is 27.3 Å². The molecule has 0 unspecified atom stereocenters. The second-order valence-corrected chi connectivity index (χ2v) is 5.26. The van der Waals surface area contributed by atoms with Crippen LogP contribution < -0.4 is 0 Å². The molecule has 0 N–H and O–H groups in total. The Labute approximate surface area is 104 Å². The first-order chi connectivity index (χ1) is 7.57. The fraction of sp³-hybridized carbons (Fsp3) is 0.615. The molecule has 0 saturated carbocycles. The van der Waals surface area contributed by atoms with Crippen LogP contribution in [-0.4, -0.2) is 28.7 Å². The molecule has 1 rings (SSSR count). The molecule has 3 heteroatoms. The molecule has 2 nitrogen and oxygen atoms in total. The molecular weight excluding hydrogens is 216 g/mol. The van der Waals surface area contributed by atoms with Crippen molar-refractivity contribution in [1.82, 2.24) is 9.88 Å². The van der Waals surface area contributed by atoms with E-state index in [0.717, 1.165) is 31.1 Å². The van der Waals surface area contributed by atoms with Crippen LogP contribution in [0.4, 0.5) is 0 Å². The summed E-state index contributed by atoms with van der Waals surface area (Å²) in [6.07, 6.45) is 1.85. The zero-order valence-electron chi connectivity index (χ0n) is 10.5.